The van der Waals surface area contributed by atoms with E-state index in [-0.39, 0.29) is 105 Å². The van der Waals surface area contributed by atoms with Crippen molar-refractivity contribution < 1.29 is 109 Å². The second kappa shape index (κ2) is 25.8. The maximum Gasteiger partial charge on any atom is 3.00 e. The third-order valence-corrected chi connectivity index (χ3v) is 8.51. The molecule has 1 fully saturated rings. The molecule has 0 aromatic heterocycles. The van der Waals surface area contributed by atoms with Crippen LogP contribution >= 0.6 is 0 Å². The van der Waals surface area contributed by atoms with Crippen LogP contribution in [0.4, 0.5) is 0 Å². The summed E-state index contributed by atoms with van der Waals surface area (Å²) in [6.45, 7) is 0.473. The van der Waals surface area contributed by atoms with Crippen LogP contribution < -0.4 is 20.1 Å². The Morgan fingerprint density at radius 3 is 1.31 bits per heavy atom. The van der Waals surface area contributed by atoms with Crippen molar-refractivity contribution in [3.05, 3.63) is 29.8 Å². The van der Waals surface area contributed by atoms with E-state index < -0.39 is 67.9 Å². The van der Waals surface area contributed by atoms with Crippen LogP contribution in [0.5, 0.6) is 5.75 Å². The first-order chi connectivity index (χ1) is 24.0. The van der Waals surface area contributed by atoms with E-state index in [1.807, 2.05) is 6.92 Å². The van der Waals surface area contributed by atoms with E-state index in [4.69, 9.17) is 14.2 Å². The van der Waals surface area contributed by atoms with E-state index in [9.17, 15) is 54.9 Å². The van der Waals surface area contributed by atoms with Gasteiger partial charge in [0.15, 0.2) is 0 Å². The van der Waals surface area contributed by atoms with Gasteiger partial charge in [-0.3, -0.25) is 24.4 Å². The Labute approximate surface area is 329 Å². The number of aliphatic hydroxyl groups excluding tert-OH is 3. The molecule has 51 heavy (non-hydrogen) atoms. The summed E-state index contributed by atoms with van der Waals surface area (Å²) in [6.07, 6.45) is 0.00154. The molecule has 1 aliphatic heterocycles. The van der Waals surface area contributed by atoms with Gasteiger partial charge in [-0.2, -0.15) is 0 Å². The Morgan fingerprint density at radius 2 is 0.980 bits per heavy atom. The Morgan fingerprint density at radius 1 is 0.627 bits per heavy atom. The van der Waals surface area contributed by atoms with Crippen molar-refractivity contribution in [3.8, 4) is 5.75 Å². The number of rotatable bonds is 21. The molecule has 2 rings (SSSR count). The average Bonchev–Trinajstić information content (AvgIpc) is 3.07. The maximum absolute atomic E-state index is 12.7. The molecule has 0 bridgehead atoms. The van der Waals surface area contributed by atoms with E-state index in [1.165, 1.54) is 19.6 Å². The van der Waals surface area contributed by atoms with Crippen LogP contribution in [0.25, 0.3) is 0 Å². The van der Waals surface area contributed by atoms with Crippen LogP contribution in [-0.2, 0) is 35.1 Å². The number of carboxylic acids is 4. The van der Waals surface area contributed by atoms with Crippen LogP contribution in [0.3, 0.4) is 0 Å². The Balaban J connectivity index is 0.0000130. The SMILES string of the molecule is CCOCCOCCOc1ccc(CC(C(=O)O)N2CCN(C(CO)C(=O)[O-])CCN(C(CO)C(=O)[O-])CCN(C(CO)C(=O)[O-])CC2)cc1.[Gd+3]. The Kier molecular flexibility index (Phi) is 23.7. The summed E-state index contributed by atoms with van der Waals surface area (Å²) in [7, 11) is 0. The number of aliphatic hydroxyl groups is 3. The first-order valence-electron chi connectivity index (χ1n) is 16.5. The summed E-state index contributed by atoms with van der Waals surface area (Å²) >= 11 is 0. The van der Waals surface area contributed by atoms with Crippen molar-refractivity contribution in [3.63, 3.8) is 0 Å². The van der Waals surface area contributed by atoms with Gasteiger partial charge in [0.05, 0.1) is 75.7 Å². The van der Waals surface area contributed by atoms with Crippen LogP contribution in [0.2, 0.25) is 0 Å². The first kappa shape index (κ1) is 46.9. The molecule has 0 aliphatic carbocycles. The van der Waals surface area contributed by atoms with Gasteiger partial charge in [-0.25, -0.2) is 0 Å². The second-order valence-corrected chi connectivity index (χ2v) is 11.6. The first-order valence-corrected chi connectivity index (χ1v) is 16.5. The molecule has 0 saturated carbocycles. The molecule has 4 N–H and O–H groups in total. The van der Waals surface area contributed by atoms with Gasteiger partial charge in [-0.05, 0) is 31.0 Å². The molecule has 18 nitrogen and oxygen atoms in total. The number of nitrogens with zero attached hydrogens (tertiary/aromatic N) is 4. The van der Waals surface area contributed by atoms with Crippen LogP contribution in [-0.4, -0.2) is 193 Å². The third-order valence-electron chi connectivity index (χ3n) is 8.51. The van der Waals surface area contributed by atoms with Crippen molar-refractivity contribution in [1.82, 2.24) is 19.6 Å². The smallest absolute Gasteiger partial charge is 0.548 e. The van der Waals surface area contributed by atoms with Gasteiger partial charge in [-0.15, -0.1) is 0 Å². The minimum atomic E-state index is -1.62. The fourth-order valence-corrected chi connectivity index (χ4v) is 5.64. The topological polar surface area (TPSA) is 259 Å². The normalized spacial score (nSPS) is 18.3. The van der Waals surface area contributed by atoms with Crippen LogP contribution in [0.1, 0.15) is 12.5 Å². The van der Waals surface area contributed by atoms with E-state index in [0.29, 0.717) is 37.7 Å². The number of carbonyl (C=O) groups is 4. The molecule has 1 aromatic rings. The molecule has 4 atom stereocenters. The van der Waals surface area contributed by atoms with E-state index in [2.05, 4.69) is 0 Å². The zero-order chi connectivity index (χ0) is 37.1. The maximum atomic E-state index is 12.7. The van der Waals surface area contributed by atoms with Crippen molar-refractivity contribution in [2.75, 3.05) is 105 Å². The standard InChI is InChI=1S/C32H52N4O14.Gd/c1-2-48-15-16-49-17-18-50-24-5-3-23(4-6-24)19-25(29(40)41)33-7-9-34(26(20-37)30(42)43)11-13-36(28(22-39)32(46)47)14-12-35(10-8-33)27(21-38)31(44)45;/h3-6,25-28,37-39H,2,7-22H2,1H3,(H,40,41)(H,42,43)(H,44,45)(H,46,47);/q;+3/p-3. The molecule has 289 valence electrons. The number of ether oxygens (including phenoxy) is 3. The van der Waals surface area contributed by atoms with E-state index in [0.717, 1.165) is 0 Å². The van der Waals surface area contributed by atoms with Crippen LogP contribution in [0.15, 0.2) is 24.3 Å². The molecule has 1 aromatic carbocycles. The van der Waals surface area contributed by atoms with Gasteiger partial charge in [0.2, 0.25) is 0 Å². The fourth-order valence-electron chi connectivity index (χ4n) is 5.64. The molecule has 1 aliphatic rings. The minimum absolute atomic E-state index is 0. The molecular formula is C32H49GdN4O14. The van der Waals surface area contributed by atoms with Crippen molar-refractivity contribution in [2.45, 2.75) is 37.5 Å². The molecule has 0 amide bonds. The molecule has 1 saturated heterocycles. The number of carboxylic acid groups (broad SMARTS) is 4. The van der Waals surface area contributed by atoms with Gasteiger partial charge >= 0.3 is 45.9 Å². The van der Waals surface area contributed by atoms with Gasteiger partial charge in [-0.1, -0.05) is 12.1 Å². The quantitative estimate of drug-likeness (QED) is 0.0838. The third kappa shape index (κ3) is 16.2. The second-order valence-electron chi connectivity index (χ2n) is 11.6. The predicted octanol–water partition coefficient (Wildman–Crippen LogP) is -6.33. The summed E-state index contributed by atoms with van der Waals surface area (Å²) in [5.74, 6) is -5.49. The van der Waals surface area contributed by atoms with Crippen molar-refractivity contribution in [1.29, 1.82) is 0 Å². The van der Waals surface area contributed by atoms with Gasteiger partial charge in [0.25, 0.3) is 0 Å². The summed E-state index contributed by atoms with van der Waals surface area (Å²) in [4.78, 5) is 53.8. The van der Waals surface area contributed by atoms with Gasteiger partial charge < -0.3 is 64.3 Å². The summed E-state index contributed by atoms with van der Waals surface area (Å²) in [5, 5.41) is 75.5. The molecule has 19 heteroatoms. The molecule has 0 spiro atoms. The summed E-state index contributed by atoms with van der Waals surface area (Å²) in [5.41, 5.74) is 0.636. The number of hydrogen-bond donors (Lipinski definition) is 4. The zero-order valence-corrected chi connectivity index (χ0v) is 30.9. The van der Waals surface area contributed by atoms with Gasteiger partial charge in [0.1, 0.15) is 18.4 Å². The van der Waals surface area contributed by atoms with E-state index in [1.54, 1.807) is 24.3 Å². The summed E-state index contributed by atoms with van der Waals surface area (Å²) < 4.78 is 16.3. The Bertz CT molecular complexity index is 1150. The average molecular weight is 871 g/mol. The summed E-state index contributed by atoms with van der Waals surface area (Å²) in [6, 6.07) is 1.04. The van der Waals surface area contributed by atoms with E-state index >= 15 is 0 Å². The van der Waals surface area contributed by atoms with Crippen LogP contribution in [0, 0.1) is 39.9 Å². The zero-order valence-electron chi connectivity index (χ0n) is 28.7. The number of hydrogen-bond acceptors (Lipinski definition) is 17. The van der Waals surface area contributed by atoms with Gasteiger partial charge in [0, 0.05) is 59.0 Å². The monoisotopic (exact) mass is 871 g/mol. The molecule has 4 unspecified atom stereocenters. The number of carbonyl (C=O) groups excluding carboxylic acids is 3. The van der Waals surface area contributed by atoms with Crippen molar-refractivity contribution in [2.24, 2.45) is 0 Å². The number of benzene rings is 1. The minimum Gasteiger partial charge on any atom is -0.548 e. The van der Waals surface area contributed by atoms with Crippen molar-refractivity contribution >= 4 is 23.9 Å². The molecule has 1 heterocycles. The Hall–Kier alpha value is -2.14. The number of aliphatic carboxylic acids is 4. The fraction of sp³-hybridized carbons (Fsp3) is 0.688. The molecule has 1 radical (unpaired) electrons. The predicted molar refractivity (Wildman–Crippen MR) is 168 cm³/mol. The molecular weight excluding hydrogens is 822 g/mol. The largest absolute Gasteiger partial charge is 3.00 e.